The van der Waals surface area contributed by atoms with Gasteiger partial charge in [0, 0.05) is 17.6 Å². The van der Waals surface area contributed by atoms with Crippen LogP contribution in [-0.4, -0.2) is 12.5 Å². The number of hydrogen-bond donors (Lipinski definition) is 2. The van der Waals surface area contributed by atoms with Gasteiger partial charge < -0.3 is 11.1 Å². The molecule has 1 amide bonds. The number of nitrogens with one attached hydrogen (secondary N) is 1. The van der Waals surface area contributed by atoms with Gasteiger partial charge in [0.25, 0.3) is 0 Å². The van der Waals surface area contributed by atoms with Crippen molar-refractivity contribution in [2.24, 2.45) is 11.1 Å². The molecule has 0 bridgehead atoms. The molecular formula is C13H17BrN2O. The zero-order valence-corrected chi connectivity index (χ0v) is 11.3. The lowest BCUT2D eigenvalue weighted by molar-refractivity contribution is -0.135. The van der Waals surface area contributed by atoms with E-state index >= 15 is 0 Å². The quantitative estimate of drug-likeness (QED) is 0.895. The van der Waals surface area contributed by atoms with Gasteiger partial charge in [0.2, 0.25) is 5.91 Å². The van der Waals surface area contributed by atoms with E-state index in [1.54, 1.807) is 0 Å². The van der Waals surface area contributed by atoms with Gasteiger partial charge in [-0.05, 0) is 30.5 Å². The second-order valence-electron chi connectivity index (χ2n) is 4.65. The van der Waals surface area contributed by atoms with Gasteiger partial charge in [0.1, 0.15) is 0 Å². The number of benzene rings is 1. The first-order valence-electron chi connectivity index (χ1n) is 5.89. The van der Waals surface area contributed by atoms with E-state index in [0.29, 0.717) is 13.1 Å². The van der Waals surface area contributed by atoms with Crippen LogP contribution in [0, 0.1) is 5.41 Å². The molecule has 4 heteroatoms. The zero-order valence-electron chi connectivity index (χ0n) is 9.71. The van der Waals surface area contributed by atoms with Crippen LogP contribution in [0.5, 0.6) is 0 Å². The number of nitrogens with two attached hydrogens (primary N) is 1. The molecule has 0 saturated heterocycles. The molecule has 0 unspecified atom stereocenters. The largest absolute Gasteiger partial charge is 0.352 e. The number of halogens is 1. The van der Waals surface area contributed by atoms with Crippen molar-refractivity contribution in [2.45, 2.75) is 25.8 Å². The van der Waals surface area contributed by atoms with Gasteiger partial charge in [-0.2, -0.15) is 0 Å². The molecule has 1 saturated carbocycles. The Kier molecular flexibility index (Phi) is 3.84. The minimum absolute atomic E-state index is 0.103. The van der Waals surface area contributed by atoms with Crippen molar-refractivity contribution >= 4 is 21.8 Å². The molecule has 1 aliphatic carbocycles. The lowest BCUT2D eigenvalue weighted by atomic mass is 9.68. The smallest absolute Gasteiger partial charge is 0.227 e. The van der Waals surface area contributed by atoms with Crippen LogP contribution in [0.25, 0.3) is 0 Å². The van der Waals surface area contributed by atoms with Crippen LogP contribution in [0.3, 0.4) is 0 Å². The van der Waals surface area contributed by atoms with Gasteiger partial charge in [-0.1, -0.05) is 34.5 Å². The Morgan fingerprint density at radius 2 is 2.24 bits per heavy atom. The van der Waals surface area contributed by atoms with Crippen molar-refractivity contribution < 1.29 is 4.79 Å². The molecule has 1 aromatic carbocycles. The molecule has 3 N–H and O–H groups in total. The third-order valence-electron chi connectivity index (χ3n) is 3.53. The summed E-state index contributed by atoms with van der Waals surface area (Å²) in [5, 5.41) is 2.98. The molecule has 92 valence electrons. The first-order valence-corrected chi connectivity index (χ1v) is 6.68. The summed E-state index contributed by atoms with van der Waals surface area (Å²) in [7, 11) is 0. The van der Waals surface area contributed by atoms with E-state index in [-0.39, 0.29) is 11.3 Å². The molecular weight excluding hydrogens is 280 g/mol. The molecule has 0 atom stereocenters. The lowest BCUT2D eigenvalue weighted by Gasteiger charge is -2.39. The topological polar surface area (TPSA) is 55.1 Å². The van der Waals surface area contributed by atoms with Gasteiger partial charge >= 0.3 is 0 Å². The number of rotatable bonds is 4. The summed E-state index contributed by atoms with van der Waals surface area (Å²) in [4.78, 5) is 12.0. The van der Waals surface area contributed by atoms with Crippen LogP contribution in [-0.2, 0) is 11.3 Å². The van der Waals surface area contributed by atoms with Crippen molar-refractivity contribution in [2.75, 3.05) is 6.54 Å². The van der Waals surface area contributed by atoms with Crippen LogP contribution >= 0.6 is 15.9 Å². The van der Waals surface area contributed by atoms with Gasteiger partial charge in [-0.15, -0.1) is 0 Å². The predicted octanol–water partition coefficient (Wildman–Crippen LogP) is 2.19. The Morgan fingerprint density at radius 3 is 2.76 bits per heavy atom. The minimum atomic E-state index is -0.286. The van der Waals surface area contributed by atoms with Crippen molar-refractivity contribution in [3.63, 3.8) is 0 Å². The molecule has 2 rings (SSSR count). The molecule has 17 heavy (non-hydrogen) atoms. The highest BCUT2D eigenvalue weighted by Crippen LogP contribution is 2.40. The molecule has 1 aromatic rings. The lowest BCUT2D eigenvalue weighted by Crippen LogP contribution is -2.50. The van der Waals surface area contributed by atoms with E-state index in [4.69, 9.17) is 5.73 Å². The van der Waals surface area contributed by atoms with Crippen LogP contribution in [0.4, 0.5) is 0 Å². The fraction of sp³-hybridized carbons (Fsp3) is 0.462. The molecule has 1 aliphatic rings. The SMILES string of the molecule is NCC1(C(=O)NCc2cccc(Br)c2)CCC1. The monoisotopic (exact) mass is 296 g/mol. The van der Waals surface area contributed by atoms with E-state index < -0.39 is 0 Å². The average Bonchev–Trinajstić information content (AvgIpc) is 2.26. The number of carbonyl (C=O) groups excluding carboxylic acids is 1. The first-order chi connectivity index (χ1) is 8.16. The third kappa shape index (κ3) is 2.69. The van der Waals surface area contributed by atoms with Crippen molar-refractivity contribution in [3.8, 4) is 0 Å². The van der Waals surface area contributed by atoms with Crippen LogP contribution in [0.15, 0.2) is 28.7 Å². The molecule has 0 aliphatic heterocycles. The van der Waals surface area contributed by atoms with E-state index in [1.807, 2.05) is 24.3 Å². The maximum atomic E-state index is 12.0. The number of hydrogen-bond acceptors (Lipinski definition) is 2. The van der Waals surface area contributed by atoms with E-state index in [9.17, 15) is 4.79 Å². The highest BCUT2D eigenvalue weighted by molar-refractivity contribution is 9.10. The van der Waals surface area contributed by atoms with Crippen molar-refractivity contribution in [1.82, 2.24) is 5.32 Å². The van der Waals surface area contributed by atoms with Gasteiger partial charge in [0.15, 0.2) is 0 Å². The van der Waals surface area contributed by atoms with Crippen LogP contribution < -0.4 is 11.1 Å². The standard InChI is InChI=1S/C13H17BrN2O/c14-11-4-1-3-10(7-11)8-16-12(17)13(9-15)5-2-6-13/h1,3-4,7H,2,5-6,8-9,15H2,(H,16,17). The molecule has 0 radical (unpaired) electrons. The van der Waals surface area contributed by atoms with Gasteiger partial charge in [-0.3, -0.25) is 4.79 Å². The van der Waals surface area contributed by atoms with Gasteiger partial charge in [0.05, 0.1) is 5.41 Å². The van der Waals surface area contributed by atoms with E-state index in [1.165, 1.54) is 0 Å². The van der Waals surface area contributed by atoms with Crippen molar-refractivity contribution in [3.05, 3.63) is 34.3 Å². The fourth-order valence-corrected chi connectivity index (χ4v) is 2.59. The Labute approximate surface area is 110 Å². The van der Waals surface area contributed by atoms with E-state index in [2.05, 4.69) is 21.2 Å². The Bertz CT molecular complexity index is 410. The van der Waals surface area contributed by atoms with Crippen molar-refractivity contribution in [1.29, 1.82) is 0 Å². The molecule has 0 spiro atoms. The summed E-state index contributed by atoms with van der Waals surface area (Å²) in [6.45, 7) is 1.03. The van der Waals surface area contributed by atoms with Crippen LogP contribution in [0.1, 0.15) is 24.8 Å². The normalized spacial score (nSPS) is 17.3. The molecule has 0 aromatic heterocycles. The maximum absolute atomic E-state index is 12.0. The number of amides is 1. The molecule has 1 fully saturated rings. The first kappa shape index (κ1) is 12.6. The molecule has 0 heterocycles. The fourth-order valence-electron chi connectivity index (χ4n) is 2.14. The second-order valence-corrected chi connectivity index (χ2v) is 5.57. The van der Waals surface area contributed by atoms with Crippen LogP contribution in [0.2, 0.25) is 0 Å². The summed E-state index contributed by atoms with van der Waals surface area (Å²) in [5.74, 6) is 0.103. The third-order valence-corrected chi connectivity index (χ3v) is 4.02. The van der Waals surface area contributed by atoms with Gasteiger partial charge in [-0.25, -0.2) is 0 Å². The summed E-state index contributed by atoms with van der Waals surface area (Å²) < 4.78 is 1.03. The second kappa shape index (κ2) is 5.19. The number of carbonyl (C=O) groups is 1. The Hall–Kier alpha value is -0.870. The Morgan fingerprint density at radius 1 is 1.47 bits per heavy atom. The summed E-state index contributed by atoms with van der Waals surface area (Å²) >= 11 is 3.41. The maximum Gasteiger partial charge on any atom is 0.227 e. The summed E-state index contributed by atoms with van der Waals surface area (Å²) in [5.41, 5.74) is 6.51. The predicted molar refractivity (Wildman–Crippen MR) is 71.3 cm³/mol. The highest BCUT2D eigenvalue weighted by atomic mass is 79.9. The average molecular weight is 297 g/mol. The summed E-state index contributed by atoms with van der Waals surface area (Å²) in [6.07, 6.45) is 2.96. The molecule has 3 nitrogen and oxygen atoms in total. The summed E-state index contributed by atoms with van der Waals surface area (Å²) in [6, 6.07) is 7.95. The zero-order chi connectivity index (χ0) is 12.3. The highest BCUT2D eigenvalue weighted by Gasteiger charge is 2.42. The minimum Gasteiger partial charge on any atom is -0.352 e. The Balaban J connectivity index is 1.92. The van der Waals surface area contributed by atoms with E-state index in [0.717, 1.165) is 29.3 Å².